The maximum Gasteiger partial charge on any atom is 0.202 e. The molecule has 0 aromatic carbocycles. The topological polar surface area (TPSA) is 18.5 Å². The predicted octanol–water partition coefficient (Wildman–Crippen LogP) is 7.51. The molecule has 3 unspecified atom stereocenters. The molecule has 0 amide bonds. The Hall–Kier alpha value is -1.54. The molecule has 1 heterocycles. The molecule has 0 aromatic rings. The van der Waals surface area contributed by atoms with E-state index in [4.69, 9.17) is 9.47 Å². The highest BCUT2D eigenvalue weighted by Crippen LogP contribution is 2.33. The molecule has 0 spiro atoms. The van der Waals surface area contributed by atoms with Gasteiger partial charge in [0.2, 0.25) is 6.29 Å². The van der Waals surface area contributed by atoms with E-state index in [-0.39, 0.29) is 6.29 Å². The van der Waals surface area contributed by atoms with Gasteiger partial charge in [-0.3, -0.25) is 0 Å². The molecule has 3 atom stereocenters. The normalized spacial score (nSPS) is 28.1. The second-order valence-corrected chi connectivity index (χ2v) is 7.66. The molecule has 1 saturated carbocycles. The van der Waals surface area contributed by atoms with Gasteiger partial charge in [-0.05, 0) is 44.1 Å². The van der Waals surface area contributed by atoms with Crippen molar-refractivity contribution in [3.8, 4) is 0 Å². The Morgan fingerprint density at radius 3 is 2.37 bits per heavy atom. The summed E-state index contributed by atoms with van der Waals surface area (Å²) in [7, 11) is 0. The minimum Gasteiger partial charge on any atom is -0.465 e. The first kappa shape index (κ1) is 23.5. The van der Waals surface area contributed by atoms with Gasteiger partial charge in [-0.15, -0.1) is 0 Å². The summed E-state index contributed by atoms with van der Waals surface area (Å²) in [5, 5.41) is 0. The van der Waals surface area contributed by atoms with E-state index < -0.39 is 0 Å². The predicted molar refractivity (Wildman–Crippen MR) is 117 cm³/mol. The molecular weight excluding hydrogens is 332 g/mol. The van der Waals surface area contributed by atoms with Crippen LogP contribution < -0.4 is 0 Å². The van der Waals surface area contributed by atoms with Crippen LogP contribution in [0.2, 0.25) is 0 Å². The number of ether oxygens (including phenoxy) is 2. The van der Waals surface area contributed by atoms with Gasteiger partial charge < -0.3 is 9.47 Å². The third-order valence-electron chi connectivity index (χ3n) is 5.41. The van der Waals surface area contributed by atoms with Crippen LogP contribution in [0.15, 0.2) is 60.4 Å². The summed E-state index contributed by atoms with van der Waals surface area (Å²) < 4.78 is 11.4. The van der Waals surface area contributed by atoms with Crippen LogP contribution in [0, 0.1) is 11.8 Å². The third-order valence-corrected chi connectivity index (χ3v) is 5.41. The molecule has 2 heteroatoms. The van der Waals surface area contributed by atoms with Crippen molar-refractivity contribution < 1.29 is 9.47 Å². The molecule has 1 aliphatic heterocycles. The van der Waals surface area contributed by atoms with Crippen LogP contribution >= 0.6 is 0 Å². The second-order valence-electron chi connectivity index (χ2n) is 7.66. The summed E-state index contributed by atoms with van der Waals surface area (Å²) in [6.45, 7) is 20.5. The summed E-state index contributed by atoms with van der Waals surface area (Å²) in [5.41, 5.74) is 3.71. The van der Waals surface area contributed by atoms with Gasteiger partial charge in [0, 0.05) is 11.5 Å². The van der Waals surface area contributed by atoms with Crippen molar-refractivity contribution in [1.29, 1.82) is 0 Å². The standard InChI is InChI=1S/C14H22O2.C9H12.C2H6/c1-10-5-4-6-13(8-7-10)14-15-9-11(2)12(3)16-14;1-3-9-6-4-8(2)5-7-9;1-2/h10,13-14H,2-9H2,1H3;3-4,6H,1,5,7H2,2H3;1-2H3. The van der Waals surface area contributed by atoms with Gasteiger partial charge in [-0.1, -0.05) is 83.6 Å². The zero-order chi connectivity index (χ0) is 20.2. The van der Waals surface area contributed by atoms with Crippen molar-refractivity contribution in [2.75, 3.05) is 6.61 Å². The molecule has 2 fully saturated rings. The molecule has 27 heavy (non-hydrogen) atoms. The molecule has 1 saturated heterocycles. The monoisotopic (exact) mass is 372 g/mol. The van der Waals surface area contributed by atoms with Crippen molar-refractivity contribution in [2.24, 2.45) is 11.8 Å². The molecule has 0 radical (unpaired) electrons. The first-order valence-electron chi connectivity index (χ1n) is 10.6. The first-order chi connectivity index (χ1) is 13.0. The number of allylic oxidation sites excluding steroid dienone is 5. The highest BCUT2D eigenvalue weighted by Gasteiger charge is 2.30. The SMILES string of the molecule is C=C1COC(C2CCCC(C)CC2)OC1=C.C=CC1=CC=C(C)CC1.CC. The van der Waals surface area contributed by atoms with Crippen LogP contribution in [0.1, 0.15) is 72.6 Å². The third kappa shape index (κ3) is 8.34. The van der Waals surface area contributed by atoms with Crippen LogP contribution in [-0.2, 0) is 9.47 Å². The summed E-state index contributed by atoms with van der Waals surface area (Å²) >= 11 is 0. The molecule has 0 bridgehead atoms. The van der Waals surface area contributed by atoms with Gasteiger partial charge in [0.05, 0.1) is 6.61 Å². The van der Waals surface area contributed by atoms with Crippen molar-refractivity contribution >= 4 is 0 Å². The minimum absolute atomic E-state index is 0.0803. The lowest BCUT2D eigenvalue weighted by molar-refractivity contribution is -0.162. The summed E-state index contributed by atoms with van der Waals surface area (Å²) in [6, 6.07) is 0. The molecule has 3 aliphatic rings. The summed E-state index contributed by atoms with van der Waals surface area (Å²) in [6.07, 6.45) is 14.9. The van der Waals surface area contributed by atoms with E-state index in [9.17, 15) is 0 Å². The van der Waals surface area contributed by atoms with Crippen LogP contribution in [0.4, 0.5) is 0 Å². The quantitative estimate of drug-likeness (QED) is 0.467. The number of rotatable bonds is 2. The van der Waals surface area contributed by atoms with Crippen molar-refractivity contribution in [1.82, 2.24) is 0 Å². The van der Waals surface area contributed by atoms with Crippen LogP contribution in [0.3, 0.4) is 0 Å². The molecule has 3 rings (SSSR count). The summed E-state index contributed by atoms with van der Waals surface area (Å²) in [4.78, 5) is 0. The van der Waals surface area contributed by atoms with Crippen LogP contribution in [-0.4, -0.2) is 12.9 Å². The Morgan fingerprint density at radius 1 is 1.04 bits per heavy atom. The molecule has 0 N–H and O–H groups in total. The van der Waals surface area contributed by atoms with Gasteiger partial charge in [0.1, 0.15) is 5.76 Å². The minimum atomic E-state index is -0.0803. The molecule has 2 aliphatic carbocycles. The summed E-state index contributed by atoms with van der Waals surface area (Å²) in [5.74, 6) is 2.11. The fourth-order valence-corrected chi connectivity index (χ4v) is 3.47. The van der Waals surface area contributed by atoms with E-state index in [2.05, 4.69) is 45.7 Å². The van der Waals surface area contributed by atoms with E-state index >= 15 is 0 Å². The Labute approximate surface area is 167 Å². The van der Waals surface area contributed by atoms with Crippen molar-refractivity contribution in [3.05, 3.63) is 60.4 Å². The molecule has 0 aromatic heterocycles. The highest BCUT2D eigenvalue weighted by atomic mass is 16.7. The van der Waals surface area contributed by atoms with Gasteiger partial charge in [0.15, 0.2) is 0 Å². The average Bonchev–Trinajstić information content (AvgIpc) is 2.91. The van der Waals surface area contributed by atoms with Crippen molar-refractivity contribution in [3.63, 3.8) is 0 Å². The maximum absolute atomic E-state index is 5.71. The highest BCUT2D eigenvalue weighted by molar-refractivity contribution is 5.28. The van der Waals surface area contributed by atoms with Gasteiger partial charge in [-0.2, -0.15) is 0 Å². The van der Waals surface area contributed by atoms with Crippen molar-refractivity contribution in [2.45, 2.75) is 78.9 Å². The fraction of sp³-hybridized carbons (Fsp3) is 0.600. The van der Waals surface area contributed by atoms with E-state index in [1.807, 2.05) is 19.9 Å². The van der Waals surface area contributed by atoms with E-state index in [0.29, 0.717) is 18.3 Å². The van der Waals surface area contributed by atoms with Crippen LogP contribution in [0.5, 0.6) is 0 Å². The van der Waals surface area contributed by atoms with Crippen LogP contribution in [0.25, 0.3) is 0 Å². The van der Waals surface area contributed by atoms with Gasteiger partial charge in [-0.25, -0.2) is 0 Å². The van der Waals surface area contributed by atoms with E-state index in [1.54, 1.807) is 0 Å². The van der Waals surface area contributed by atoms with E-state index in [1.165, 1.54) is 56.1 Å². The zero-order valence-electron chi connectivity index (χ0n) is 18.1. The van der Waals surface area contributed by atoms with Gasteiger partial charge >= 0.3 is 0 Å². The molecular formula is C25H40O2. The molecule has 2 nitrogen and oxygen atoms in total. The fourth-order valence-electron chi connectivity index (χ4n) is 3.47. The lowest BCUT2D eigenvalue weighted by atomic mass is 9.98. The average molecular weight is 373 g/mol. The van der Waals surface area contributed by atoms with E-state index in [0.717, 1.165) is 11.5 Å². The second kappa shape index (κ2) is 12.8. The molecule has 152 valence electrons. The lowest BCUT2D eigenvalue weighted by Gasteiger charge is -2.32. The smallest absolute Gasteiger partial charge is 0.202 e. The Bertz CT molecular complexity index is 553. The number of hydrogen-bond acceptors (Lipinski definition) is 2. The zero-order valence-corrected chi connectivity index (χ0v) is 18.1. The largest absolute Gasteiger partial charge is 0.465 e. The Balaban J connectivity index is 0.000000282. The van der Waals surface area contributed by atoms with Gasteiger partial charge in [0.25, 0.3) is 0 Å². The Kier molecular flexibility index (Phi) is 11.1. The lowest BCUT2D eigenvalue weighted by Crippen LogP contribution is -2.32. The maximum atomic E-state index is 5.71. The number of hydrogen-bond donors (Lipinski definition) is 0. The Morgan fingerprint density at radius 2 is 1.78 bits per heavy atom. The first-order valence-corrected chi connectivity index (χ1v) is 10.6.